The topological polar surface area (TPSA) is 0 Å². The Labute approximate surface area is 70.7 Å². The van der Waals surface area contributed by atoms with E-state index >= 15 is 0 Å². The first-order valence-corrected chi connectivity index (χ1v) is 6.95. The molecule has 11 heavy (non-hydrogen) atoms. The van der Waals surface area contributed by atoms with Crippen molar-refractivity contribution >= 4 is 19.7 Å². The average molecular weight is 205 g/mol. The summed E-state index contributed by atoms with van der Waals surface area (Å²) in [5, 5.41) is 0. The number of hydrogen-bond acceptors (Lipinski definition) is 0. The Balaban J connectivity index is 4.33. The van der Waals surface area contributed by atoms with Crippen LogP contribution in [0.1, 0.15) is 13.3 Å². The van der Waals surface area contributed by atoms with Crippen LogP contribution in [0.3, 0.4) is 0 Å². The van der Waals surface area contributed by atoms with Crippen molar-refractivity contribution in [2.45, 2.75) is 31.7 Å². The highest BCUT2D eigenvalue weighted by molar-refractivity contribution is 6.85. The highest BCUT2D eigenvalue weighted by Crippen LogP contribution is 2.33. The van der Waals surface area contributed by atoms with E-state index < -0.39 is 13.9 Å². The van der Waals surface area contributed by atoms with Gasteiger partial charge in [0.05, 0.1) is 0 Å². The summed E-state index contributed by atoms with van der Waals surface area (Å²) in [6, 6.07) is 0.236. The van der Waals surface area contributed by atoms with Gasteiger partial charge in [-0.3, -0.25) is 0 Å². The molecule has 0 aliphatic heterocycles. The number of hydrogen-bond donors (Lipinski definition) is 0. The first-order valence-electron chi connectivity index (χ1n) is 3.50. The van der Waals surface area contributed by atoms with Crippen LogP contribution in [0.4, 0.5) is 13.2 Å². The fourth-order valence-corrected chi connectivity index (χ4v) is 3.36. The Morgan fingerprint density at radius 3 is 1.91 bits per heavy atom. The molecule has 0 aliphatic carbocycles. The predicted molar refractivity (Wildman–Crippen MR) is 43.5 cm³/mol. The highest BCUT2D eigenvalue weighted by Gasteiger charge is 2.51. The summed E-state index contributed by atoms with van der Waals surface area (Å²) in [5.74, 6) is -4.04. The van der Waals surface area contributed by atoms with E-state index in [1.807, 2.05) is 0 Å². The Kier molecular flexibility index (Phi) is 3.91. The Hall–Kier alpha value is 0.297. The van der Waals surface area contributed by atoms with Crippen molar-refractivity contribution in [3.63, 3.8) is 0 Å². The van der Waals surface area contributed by atoms with Crippen LogP contribution >= 0.6 is 11.6 Å². The van der Waals surface area contributed by atoms with E-state index in [9.17, 15) is 13.2 Å². The minimum atomic E-state index is -4.04. The van der Waals surface area contributed by atoms with Gasteiger partial charge >= 0.3 is 5.80 Å². The van der Waals surface area contributed by atoms with Crippen LogP contribution in [0.15, 0.2) is 0 Å². The molecule has 0 rings (SSSR count). The van der Waals surface area contributed by atoms with Crippen LogP contribution < -0.4 is 0 Å². The summed E-state index contributed by atoms with van der Waals surface area (Å²) in [6.07, 6.45) is 0.564. The zero-order chi connectivity index (χ0) is 9.12. The molecule has 0 heterocycles. The molecule has 68 valence electrons. The molecular formula is C6H12ClF3Si. The monoisotopic (exact) mass is 204 g/mol. The van der Waals surface area contributed by atoms with Gasteiger partial charge in [-0.2, -0.15) is 13.2 Å². The standard InChI is InChI=1S/C6H12ClF3Si/c1-3-4-11(2,5-7)6(8,9)10/h3-5H2,1-2H3. The molecule has 0 aromatic carbocycles. The molecule has 0 nitrogen and oxygen atoms in total. The van der Waals surface area contributed by atoms with Crippen molar-refractivity contribution in [1.82, 2.24) is 0 Å². The molecule has 0 amide bonds. The van der Waals surface area contributed by atoms with Crippen molar-refractivity contribution < 1.29 is 13.2 Å². The number of rotatable bonds is 3. The molecule has 0 saturated carbocycles. The third kappa shape index (κ3) is 2.67. The fourth-order valence-electron chi connectivity index (χ4n) is 0.836. The van der Waals surface area contributed by atoms with Crippen molar-refractivity contribution in [3.8, 4) is 0 Å². The van der Waals surface area contributed by atoms with Crippen molar-refractivity contribution in [1.29, 1.82) is 0 Å². The van der Waals surface area contributed by atoms with Crippen LogP contribution in [0.25, 0.3) is 0 Å². The molecular weight excluding hydrogens is 193 g/mol. The molecule has 0 radical (unpaired) electrons. The molecule has 0 aromatic rings. The Morgan fingerprint density at radius 2 is 1.82 bits per heavy atom. The molecule has 0 aliphatic rings. The van der Waals surface area contributed by atoms with Gasteiger partial charge in [0.25, 0.3) is 0 Å². The normalized spacial score (nSPS) is 18.0. The zero-order valence-corrected chi connectivity index (χ0v) is 8.39. The van der Waals surface area contributed by atoms with Gasteiger partial charge in [0.1, 0.15) is 0 Å². The predicted octanol–water partition coefficient (Wildman–Crippen LogP) is 3.35. The lowest BCUT2D eigenvalue weighted by Gasteiger charge is -2.26. The minimum Gasteiger partial charge on any atom is -0.177 e. The molecule has 5 heteroatoms. The molecule has 0 N–H and O–H groups in total. The fraction of sp³-hybridized carbons (Fsp3) is 1.00. The molecule has 0 bridgehead atoms. The summed E-state index contributed by atoms with van der Waals surface area (Å²) < 4.78 is 36.8. The molecule has 1 atom stereocenters. The zero-order valence-electron chi connectivity index (χ0n) is 6.63. The smallest absolute Gasteiger partial charge is 0.177 e. The van der Waals surface area contributed by atoms with E-state index in [1.165, 1.54) is 6.55 Å². The Morgan fingerprint density at radius 1 is 1.36 bits per heavy atom. The van der Waals surface area contributed by atoms with Crippen molar-refractivity contribution in [3.05, 3.63) is 0 Å². The van der Waals surface area contributed by atoms with E-state index in [4.69, 9.17) is 11.6 Å². The van der Waals surface area contributed by atoms with Gasteiger partial charge in [-0.15, -0.1) is 11.6 Å². The second-order valence-corrected chi connectivity index (χ2v) is 8.20. The maximum absolute atomic E-state index is 12.3. The van der Waals surface area contributed by atoms with E-state index in [2.05, 4.69) is 0 Å². The van der Waals surface area contributed by atoms with E-state index in [0.717, 1.165) is 0 Å². The lowest BCUT2D eigenvalue weighted by molar-refractivity contribution is -0.0564. The van der Waals surface area contributed by atoms with E-state index in [-0.39, 0.29) is 11.5 Å². The molecule has 0 fully saturated rings. The maximum Gasteiger partial charge on any atom is 0.362 e. The first-order chi connectivity index (χ1) is 4.87. The third-order valence-electron chi connectivity index (χ3n) is 1.78. The van der Waals surface area contributed by atoms with Crippen LogP contribution in [0.2, 0.25) is 12.6 Å². The second kappa shape index (κ2) is 3.80. The molecule has 0 aromatic heterocycles. The van der Waals surface area contributed by atoms with Crippen molar-refractivity contribution in [2.75, 3.05) is 5.50 Å². The number of halogens is 4. The molecule has 0 saturated heterocycles. The lowest BCUT2D eigenvalue weighted by atomic mass is 10.6. The summed E-state index contributed by atoms with van der Waals surface area (Å²) in [6.45, 7) is 3.05. The van der Waals surface area contributed by atoms with Crippen LogP contribution in [-0.2, 0) is 0 Å². The molecule has 0 spiro atoms. The first kappa shape index (κ1) is 11.3. The van der Waals surface area contributed by atoms with Gasteiger partial charge in [0, 0.05) is 5.50 Å². The SMILES string of the molecule is CCC[Si](C)(CCl)C(F)(F)F. The van der Waals surface area contributed by atoms with Gasteiger partial charge in [-0.1, -0.05) is 19.9 Å². The summed E-state index contributed by atoms with van der Waals surface area (Å²) >= 11 is 5.31. The van der Waals surface area contributed by atoms with E-state index in [0.29, 0.717) is 6.42 Å². The quantitative estimate of drug-likeness (QED) is 0.489. The van der Waals surface area contributed by atoms with Crippen LogP contribution in [-0.4, -0.2) is 19.4 Å². The average Bonchev–Trinajstić information content (AvgIpc) is 1.86. The summed E-state index contributed by atoms with van der Waals surface area (Å²) in [4.78, 5) is 0. The van der Waals surface area contributed by atoms with Gasteiger partial charge < -0.3 is 0 Å². The highest BCUT2D eigenvalue weighted by atomic mass is 35.5. The van der Waals surface area contributed by atoms with Gasteiger partial charge in [0.2, 0.25) is 0 Å². The summed E-state index contributed by atoms with van der Waals surface area (Å²) in [5.41, 5.74) is -0.218. The third-order valence-corrected chi connectivity index (χ3v) is 7.11. The lowest BCUT2D eigenvalue weighted by Crippen LogP contribution is -2.49. The summed E-state index contributed by atoms with van der Waals surface area (Å²) in [7, 11) is -3.16. The van der Waals surface area contributed by atoms with E-state index in [1.54, 1.807) is 6.92 Å². The van der Waals surface area contributed by atoms with Gasteiger partial charge in [-0.25, -0.2) is 0 Å². The second-order valence-electron chi connectivity index (χ2n) is 2.94. The number of alkyl halides is 4. The van der Waals surface area contributed by atoms with Crippen molar-refractivity contribution in [2.24, 2.45) is 0 Å². The largest absolute Gasteiger partial charge is 0.362 e. The van der Waals surface area contributed by atoms with Crippen LogP contribution in [0.5, 0.6) is 0 Å². The van der Waals surface area contributed by atoms with Crippen LogP contribution in [0, 0.1) is 0 Å². The Bertz CT molecular complexity index is 125. The van der Waals surface area contributed by atoms with Gasteiger partial charge in [0.15, 0.2) is 8.07 Å². The van der Waals surface area contributed by atoms with Gasteiger partial charge in [-0.05, 0) is 6.04 Å². The minimum absolute atomic E-state index is 0.218. The maximum atomic E-state index is 12.3. The molecule has 1 unspecified atom stereocenters.